The fourth-order valence-corrected chi connectivity index (χ4v) is 2.67. The number of hydrogen-bond donors (Lipinski definition) is 1. The van der Waals surface area contributed by atoms with Gasteiger partial charge in [-0.1, -0.05) is 59.8 Å². The van der Waals surface area contributed by atoms with Crippen LogP contribution in [-0.4, -0.2) is 26.1 Å². The molecule has 0 fully saturated rings. The Balaban J connectivity index is 2.20. The van der Waals surface area contributed by atoms with E-state index < -0.39 is 5.97 Å². The van der Waals surface area contributed by atoms with Gasteiger partial charge in [0.05, 0.1) is 6.04 Å². The Kier molecular flexibility index (Phi) is 3.93. The lowest BCUT2D eigenvalue weighted by Crippen LogP contribution is -2.11. The summed E-state index contributed by atoms with van der Waals surface area (Å²) in [6.07, 6.45) is 0. The summed E-state index contributed by atoms with van der Waals surface area (Å²) in [6, 6.07) is 17.4. The van der Waals surface area contributed by atoms with Crippen molar-refractivity contribution in [2.24, 2.45) is 0 Å². The second-order valence-corrected chi connectivity index (χ2v) is 5.44. The quantitative estimate of drug-likeness (QED) is 0.800. The summed E-state index contributed by atoms with van der Waals surface area (Å²) in [5.74, 6) is -1.07. The Morgan fingerprint density at radius 3 is 2.39 bits per heavy atom. The number of carbonyl (C=O) groups is 1. The van der Waals surface area contributed by atoms with Crippen LogP contribution in [0.15, 0.2) is 54.6 Å². The summed E-state index contributed by atoms with van der Waals surface area (Å²) < 4.78 is 1.68. The van der Waals surface area contributed by atoms with Gasteiger partial charge in [-0.25, -0.2) is 9.48 Å². The number of aromatic carboxylic acids is 1. The number of carboxylic acid groups (broad SMARTS) is 1. The zero-order chi connectivity index (χ0) is 16.4. The van der Waals surface area contributed by atoms with Crippen LogP contribution in [0.2, 0.25) is 0 Å². The van der Waals surface area contributed by atoms with Gasteiger partial charge < -0.3 is 5.11 Å². The minimum Gasteiger partial charge on any atom is -0.476 e. The fraction of sp³-hybridized carbons (Fsp3) is 0.167. The monoisotopic (exact) mass is 307 g/mol. The smallest absolute Gasteiger partial charge is 0.358 e. The SMILES string of the molecule is Cc1ccccc1-c1c(C(=O)O)nnn1C(C)c1ccccc1. The Labute approximate surface area is 134 Å². The lowest BCUT2D eigenvalue weighted by atomic mass is 10.0. The van der Waals surface area contributed by atoms with Crippen LogP contribution in [0.25, 0.3) is 11.3 Å². The van der Waals surface area contributed by atoms with Crippen molar-refractivity contribution in [2.45, 2.75) is 19.9 Å². The Morgan fingerprint density at radius 1 is 1.09 bits per heavy atom. The van der Waals surface area contributed by atoms with Crippen molar-refractivity contribution in [3.63, 3.8) is 0 Å². The third kappa shape index (κ3) is 2.73. The predicted molar refractivity (Wildman–Crippen MR) is 87.4 cm³/mol. The molecule has 3 rings (SSSR count). The fourth-order valence-electron chi connectivity index (χ4n) is 2.67. The number of aromatic nitrogens is 3. The van der Waals surface area contributed by atoms with Gasteiger partial charge in [0, 0.05) is 5.56 Å². The maximum atomic E-state index is 11.6. The van der Waals surface area contributed by atoms with Gasteiger partial charge >= 0.3 is 5.97 Å². The highest BCUT2D eigenvalue weighted by Crippen LogP contribution is 2.30. The molecule has 1 N–H and O–H groups in total. The van der Waals surface area contributed by atoms with E-state index in [1.807, 2.05) is 68.4 Å². The third-order valence-electron chi connectivity index (χ3n) is 3.95. The minimum atomic E-state index is -1.07. The molecule has 1 unspecified atom stereocenters. The molecule has 5 nitrogen and oxygen atoms in total. The molecule has 5 heteroatoms. The predicted octanol–water partition coefficient (Wildman–Crippen LogP) is 3.56. The summed E-state index contributed by atoms with van der Waals surface area (Å²) >= 11 is 0. The second-order valence-electron chi connectivity index (χ2n) is 5.44. The van der Waals surface area contributed by atoms with Crippen LogP contribution >= 0.6 is 0 Å². The molecule has 0 radical (unpaired) electrons. The normalized spacial score (nSPS) is 12.1. The molecule has 3 aromatic rings. The van der Waals surface area contributed by atoms with E-state index in [1.54, 1.807) is 4.68 Å². The molecule has 1 atom stereocenters. The van der Waals surface area contributed by atoms with E-state index in [2.05, 4.69) is 10.3 Å². The van der Waals surface area contributed by atoms with E-state index in [4.69, 9.17) is 0 Å². The molecule has 0 aliphatic carbocycles. The van der Waals surface area contributed by atoms with Gasteiger partial charge in [0.15, 0.2) is 5.69 Å². The molecule has 0 aliphatic heterocycles. The second kappa shape index (κ2) is 6.04. The Hall–Kier alpha value is -2.95. The summed E-state index contributed by atoms with van der Waals surface area (Å²) in [6.45, 7) is 3.93. The van der Waals surface area contributed by atoms with Gasteiger partial charge in [-0.15, -0.1) is 5.10 Å². The minimum absolute atomic E-state index is 0.0259. The van der Waals surface area contributed by atoms with Crippen LogP contribution < -0.4 is 0 Å². The van der Waals surface area contributed by atoms with Crippen LogP contribution in [0.1, 0.15) is 34.6 Å². The first-order valence-corrected chi connectivity index (χ1v) is 7.39. The summed E-state index contributed by atoms with van der Waals surface area (Å²) in [5, 5.41) is 17.5. The highest BCUT2D eigenvalue weighted by atomic mass is 16.4. The number of carboxylic acids is 1. The molecule has 116 valence electrons. The lowest BCUT2D eigenvalue weighted by Gasteiger charge is -2.16. The van der Waals surface area contributed by atoms with E-state index in [0.717, 1.165) is 16.7 Å². The van der Waals surface area contributed by atoms with Crippen LogP contribution in [0.3, 0.4) is 0 Å². The van der Waals surface area contributed by atoms with E-state index in [0.29, 0.717) is 5.69 Å². The van der Waals surface area contributed by atoms with Gasteiger partial charge in [0.2, 0.25) is 0 Å². The average Bonchev–Trinajstić information content (AvgIpc) is 3.00. The first kappa shape index (κ1) is 15.0. The molecule has 0 aliphatic rings. The van der Waals surface area contributed by atoms with E-state index >= 15 is 0 Å². The standard InChI is InChI=1S/C18H17N3O2/c1-12-8-6-7-11-15(12)17-16(18(22)23)19-20-21(17)13(2)14-9-4-3-5-10-14/h3-11,13H,1-2H3,(H,22,23). The first-order valence-electron chi connectivity index (χ1n) is 7.39. The van der Waals surface area contributed by atoms with Gasteiger partial charge in [-0.05, 0) is 25.0 Å². The summed E-state index contributed by atoms with van der Waals surface area (Å²) in [4.78, 5) is 11.6. The molecule has 0 amide bonds. The van der Waals surface area contributed by atoms with Crippen molar-refractivity contribution in [3.05, 3.63) is 71.4 Å². The van der Waals surface area contributed by atoms with E-state index in [1.165, 1.54) is 0 Å². The molecule has 0 spiro atoms. The van der Waals surface area contributed by atoms with Crippen molar-refractivity contribution in [2.75, 3.05) is 0 Å². The molecule has 1 aromatic heterocycles. The topological polar surface area (TPSA) is 68.0 Å². The van der Waals surface area contributed by atoms with Crippen molar-refractivity contribution in [1.29, 1.82) is 0 Å². The van der Waals surface area contributed by atoms with E-state index in [-0.39, 0.29) is 11.7 Å². The molecule has 1 heterocycles. The number of aryl methyl sites for hydroxylation is 1. The van der Waals surface area contributed by atoms with Crippen LogP contribution in [0.4, 0.5) is 0 Å². The van der Waals surface area contributed by atoms with Crippen LogP contribution in [-0.2, 0) is 0 Å². The molecule has 0 saturated carbocycles. The van der Waals surface area contributed by atoms with Crippen LogP contribution in [0.5, 0.6) is 0 Å². The average molecular weight is 307 g/mol. The van der Waals surface area contributed by atoms with E-state index in [9.17, 15) is 9.90 Å². The number of benzene rings is 2. The zero-order valence-electron chi connectivity index (χ0n) is 13.0. The summed E-state index contributed by atoms with van der Waals surface area (Å²) in [7, 11) is 0. The Morgan fingerprint density at radius 2 is 1.74 bits per heavy atom. The first-order chi connectivity index (χ1) is 11.1. The van der Waals surface area contributed by atoms with Gasteiger partial charge in [-0.2, -0.15) is 0 Å². The number of nitrogens with zero attached hydrogens (tertiary/aromatic N) is 3. The van der Waals surface area contributed by atoms with Gasteiger partial charge in [-0.3, -0.25) is 0 Å². The number of rotatable bonds is 4. The van der Waals surface area contributed by atoms with Gasteiger partial charge in [0.25, 0.3) is 0 Å². The lowest BCUT2D eigenvalue weighted by molar-refractivity contribution is 0.0691. The molecular weight excluding hydrogens is 290 g/mol. The van der Waals surface area contributed by atoms with Crippen molar-refractivity contribution >= 4 is 5.97 Å². The van der Waals surface area contributed by atoms with Crippen molar-refractivity contribution < 1.29 is 9.90 Å². The molecule has 23 heavy (non-hydrogen) atoms. The molecule has 0 bridgehead atoms. The summed E-state index contributed by atoms with van der Waals surface area (Å²) in [5.41, 5.74) is 3.37. The molecular formula is C18H17N3O2. The Bertz CT molecular complexity index is 840. The highest BCUT2D eigenvalue weighted by molar-refractivity contribution is 5.93. The molecule has 0 saturated heterocycles. The third-order valence-corrected chi connectivity index (χ3v) is 3.95. The van der Waals surface area contributed by atoms with Gasteiger partial charge in [0.1, 0.15) is 5.69 Å². The number of hydrogen-bond acceptors (Lipinski definition) is 3. The maximum Gasteiger partial charge on any atom is 0.358 e. The largest absolute Gasteiger partial charge is 0.476 e. The maximum absolute atomic E-state index is 11.6. The molecule has 2 aromatic carbocycles. The van der Waals surface area contributed by atoms with Crippen molar-refractivity contribution in [1.82, 2.24) is 15.0 Å². The zero-order valence-corrected chi connectivity index (χ0v) is 13.0. The highest BCUT2D eigenvalue weighted by Gasteiger charge is 2.24. The van der Waals surface area contributed by atoms with Crippen LogP contribution in [0, 0.1) is 6.92 Å². The van der Waals surface area contributed by atoms with Crippen molar-refractivity contribution in [3.8, 4) is 11.3 Å².